The molecule has 0 aliphatic carbocycles. The molecule has 0 aromatic heterocycles. The summed E-state index contributed by atoms with van der Waals surface area (Å²) in [5, 5.41) is 3.20. The summed E-state index contributed by atoms with van der Waals surface area (Å²) >= 11 is 0. The highest BCUT2D eigenvalue weighted by Crippen LogP contribution is 2.29. The molecule has 112 valence electrons. The van der Waals surface area contributed by atoms with Gasteiger partial charge in [-0.3, -0.25) is 0 Å². The number of anilines is 1. The number of hydrogen-bond donors (Lipinski definition) is 1. The minimum Gasteiger partial charge on any atom is -0.370 e. The molecule has 1 heterocycles. The summed E-state index contributed by atoms with van der Waals surface area (Å²) in [7, 11) is 6.06. The van der Waals surface area contributed by atoms with E-state index in [9.17, 15) is 4.39 Å². The van der Waals surface area contributed by atoms with E-state index >= 15 is 0 Å². The predicted octanol–water partition coefficient (Wildman–Crippen LogP) is 2.64. The Morgan fingerprint density at radius 1 is 1.50 bits per heavy atom. The van der Waals surface area contributed by atoms with E-state index in [2.05, 4.69) is 29.1 Å². The summed E-state index contributed by atoms with van der Waals surface area (Å²) < 4.78 is 14.3. The van der Waals surface area contributed by atoms with Gasteiger partial charge < -0.3 is 15.1 Å². The van der Waals surface area contributed by atoms with Gasteiger partial charge in [-0.25, -0.2) is 4.39 Å². The van der Waals surface area contributed by atoms with Crippen LogP contribution in [-0.2, 0) is 0 Å². The van der Waals surface area contributed by atoms with Gasteiger partial charge in [0.1, 0.15) is 5.82 Å². The van der Waals surface area contributed by atoms with E-state index in [4.69, 9.17) is 0 Å². The molecule has 1 aromatic carbocycles. The molecule has 2 rings (SSSR count). The molecule has 0 amide bonds. The van der Waals surface area contributed by atoms with Gasteiger partial charge in [-0.2, -0.15) is 0 Å². The highest BCUT2D eigenvalue weighted by Gasteiger charge is 2.24. The zero-order valence-corrected chi connectivity index (χ0v) is 13.0. The minimum atomic E-state index is -0.132. The Hall–Kier alpha value is -1.13. The minimum absolute atomic E-state index is 0.132. The Morgan fingerprint density at radius 2 is 2.25 bits per heavy atom. The summed E-state index contributed by atoms with van der Waals surface area (Å²) in [6.07, 6.45) is 2.44. The first kappa shape index (κ1) is 15.3. The van der Waals surface area contributed by atoms with Crippen molar-refractivity contribution in [3.05, 3.63) is 29.6 Å². The van der Waals surface area contributed by atoms with Gasteiger partial charge in [0, 0.05) is 25.7 Å². The van der Waals surface area contributed by atoms with Gasteiger partial charge in [-0.15, -0.1) is 0 Å². The lowest BCUT2D eigenvalue weighted by Crippen LogP contribution is -2.37. The largest absolute Gasteiger partial charge is 0.370 e. The van der Waals surface area contributed by atoms with Crippen molar-refractivity contribution in [1.29, 1.82) is 0 Å². The van der Waals surface area contributed by atoms with Gasteiger partial charge in [0.2, 0.25) is 0 Å². The molecule has 0 saturated carbocycles. The third kappa shape index (κ3) is 3.13. The van der Waals surface area contributed by atoms with E-state index in [0.717, 1.165) is 24.3 Å². The highest BCUT2D eigenvalue weighted by molar-refractivity contribution is 5.55. The van der Waals surface area contributed by atoms with Crippen LogP contribution in [0.15, 0.2) is 18.2 Å². The van der Waals surface area contributed by atoms with Crippen molar-refractivity contribution >= 4 is 5.69 Å². The smallest absolute Gasteiger partial charge is 0.146 e. The molecule has 20 heavy (non-hydrogen) atoms. The lowest BCUT2D eigenvalue weighted by atomic mass is 10.0. The third-order valence-electron chi connectivity index (χ3n) is 4.46. The summed E-state index contributed by atoms with van der Waals surface area (Å²) in [5.74, 6) is -0.132. The quantitative estimate of drug-likeness (QED) is 0.894. The van der Waals surface area contributed by atoms with Crippen molar-refractivity contribution < 1.29 is 4.39 Å². The van der Waals surface area contributed by atoms with Crippen molar-refractivity contribution in [3.8, 4) is 0 Å². The molecular formula is C16H26FN3. The van der Waals surface area contributed by atoms with Crippen LogP contribution in [0.3, 0.4) is 0 Å². The summed E-state index contributed by atoms with van der Waals surface area (Å²) in [4.78, 5) is 4.45. The average Bonchev–Trinajstić information content (AvgIpc) is 2.82. The molecule has 1 saturated heterocycles. The number of likely N-dealkylation sites (tertiary alicyclic amines) is 1. The maximum Gasteiger partial charge on any atom is 0.146 e. The van der Waals surface area contributed by atoms with Gasteiger partial charge in [0.15, 0.2) is 0 Å². The fourth-order valence-corrected chi connectivity index (χ4v) is 3.06. The van der Waals surface area contributed by atoms with Crippen molar-refractivity contribution in [2.24, 2.45) is 0 Å². The Balaban J connectivity index is 2.22. The maximum absolute atomic E-state index is 14.3. The molecule has 1 fully saturated rings. The van der Waals surface area contributed by atoms with Crippen molar-refractivity contribution in [2.75, 3.05) is 39.1 Å². The molecule has 2 atom stereocenters. The first-order chi connectivity index (χ1) is 9.54. The number of likely N-dealkylation sites (N-methyl/N-ethyl adjacent to an activating group) is 2. The number of hydrogen-bond acceptors (Lipinski definition) is 3. The van der Waals surface area contributed by atoms with Crippen molar-refractivity contribution in [2.45, 2.75) is 31.8 Å². The van der Waals surface area contributed by atoms with Gasteiger partial charge in [-0.05, 0) is 52.0 Å². The van der Waals surface area contributed by atoms with E-state index in [-0.39, 0.29) is 11.9 Å². The summed E-state index contributed by atoms with van der Waals surface area (Å²) in [5.41, 5.74) is 1.75. The second-order valence-corrected chi connectivity index (χ2v) is 5.85. The van der Waals surface area contributed by atoms with Crippen LogP contribution in [-0.4, -0.2) is 45.2 Å². The Kier molecular flexibility index (Phi) is 5.00. The van der Waals surface area contributed by atoms with Crippen LogP contribution in [0.25, 0.3) is 0 Å². The SMILES string of the molecule is CNC(C)c1cccc(F)c1N(C)CC1CCCN1C. The predicted molar refractivity (Wildman–Crippen MR) is 82.8 cm³/mol. The van der Waals surface area contributed by atoms with E-state index in [1.54, 1.807) is 12.1 Å². The number of halogens is 1. The molecule has 0 radical (unpaired) electrons. The molecule has 4 heteroatoms. The first-order valence-corrected chi connectivity index (χ1v) is 7.41. The molecule has 1 aliphatic heterocycles. The van der Waals surface area contributed by atoms with E-state index in [0.29, 0.717) is 6.04 Å². The molecule has 1 N–H and O–H groups in total. The second-order valence-electron chi connectivity index (χ2n) is 5.85. The molecule has 0 bridgehead atoms. The van der Waals surface area contributed by atoms with Crippen molar-refractivity contribution in [3.63, 3.8) is 0 Å². The number of nitrogens with one attached hydrogen (secondary N) is 1. The Morgan fingerprint density at radius 3 is 2.85 bits per heavy atom. The normalized spacial score (nSPS) is 21.1. The van der Waals surface area contributed by atoms with Gasteiger partial charge in [-0.1, -0.05) is 12.1 Å². The Bertz CT molecular complexity index is 449. The van der Waals surface area contributed by atoms with Crippen LogP contribution >= 0.6 is 0 Å². The summed E-state index contributed by atoms with van der Waals surface area (Å²) in [6, 6.07) is 6.02. The van der Waals surface area contributed by atoms with E-state index in [1.807, 2.05) is 20.2 Å². The van der Waals surface area contributed by atoms with Gasteiger partial charge in [0.25, 0.3) is 0 Å². The number of benzene rings is 1. The standard InChI is InChI=1S/C16H26FN3/c1-12(18-2)14-8-5-9-15(17)16(14)20(4)11-13-7-6-10-19(13)3/h5,8-9,12-13,18H,6-7,10-11H2,1-4H3. The lowest BCUT2D eigenvalue weighted by molar-refractivity contribution is 0.313. The molecule has 0 spiro atoms. The van der Waals surface area contributed by atoms with Crippen LogP contribution < -0.4 is 10.2 Å². The van der Waals surface area contributed by atoms with Gasteiger partial charge in [0.05, 0.1) is 5.69 Å². The zero-order chi connectivity index (χ0) is 14.7. The van der Waals surface area contributed by atoms with Crippen molar-refractivity contribution in [1.82, 2.24) is 10.2 Å². The van der Waals surface area contributed by atoms with Crippen LogP contribution in [0, 0.1) is 5.82 Å². The molecule has 1 aliphatic rings. The summed E-state index contributed by atoms with van der Waals surface area (Å²) in [6.45, 7) is 4.09. The monoisotopic (exact) mass is 279 g/mol. The third-order valence-corrected chi connectivity index (χ3v) is 4.46. The fraction of sp³-hybridized carbons (Fsp3) is 0.625. The van der Waals surface area contributed by atoms with E-state index in [1.165, 1.54) is 12.8 Å². The van der Waals surface area contributed by atoms with Gasteiger partial charge >= 0.3 is 0 Å². The lowest BCUT2D eigenvalue weighted by Gasteiger charge is -2.30. The maximum atomic E-state index is 14.3. The average molecular weight is 279 g/mol. The molecule has 1 aromatic rings. The topological polar surface area (TPSA) is 18.5 Å². The number of nitrogens with zero attached hydrogens (tertiary/aromatic N) is 2. The molecule has 3 nitrogen and oxygen atoms in total. The number of para-hydroxylation sites is 1. The van der Waals surface area contributed by atoms with Crippen LogP contribution in [0.1, 0.15) is 31.4 Å². The van der Waals surface area contributed by atoms with E-state index < -0.39 is 0 Å². The fourth-order valence-electron chi connectivity index (χ4n) is 3.06. The Labute approximate surface area is 121 Å². The zero-order valence-electron chi connectivity index (χ0n) is 13.0. The van der Waals surface area contributed by atoms with Crippen LogP contribution in [0.5, 0.6) is 0 Å². The first-order valence-electron chi connectivity index (χ1n) is 7.41. The molecule has 2 unspecified atom stereocenters. The van der Waals surface area contributed by atoms with Crippen LogP contribution in [0.2, 0.25) is 0 Å². The van der Waals surface area contributed by atoms with Crippen LogP contribution in [0.4, 0.5) is 10.1 Å². The molecular weight excluding hydrogens is 253 g/mol. The highest BCUT2D eigenvalue weighted by atomic mass is 19.1. The second kappa shape index (κ2) is 6.55. The number of rotatable bonds is 5.